The molecule has 0 aliphatic carbocycles. The summed E-state index contributed by atoms with van der Waals surface area (Å²) in [7, 11) is 1.32. The van der Waals surface area contributed by atoms with Gasteiger partial charge in [-0.15, -0.1) is 0 Å². The third-order valence-corrected chi connectivity index (χ3v) is 1.60. The van der Waals surface area contributed by atoms with Gasteiger partial charge in [-0.05, 0) is 20.8 Å². The first-order valence-electron chi connectivity index (χ1n) is 5.06. The van der Waals surface area contributed by atoms with Crippen LogP contribution in [0.2, 0.25) is 0 Å². The van der Waals surface area contributed by atoms with E-state index in [-0.39, 0.29) is 18.4 Å². The number of methoxy groups -OCH3 is 1. The number of esters is 1. The van der Waals surface area contributed by atoms with Gasteiger partial charge in [0.25, 0.3) is 0 Å². The quantitative estimate of drug-likeness (QED) is 0.554. The highest BCUT2D eigenvalue weighted by atomic mass is 16.6. The van der Waals surface area contributed by atoms with Crippen molar-refractivity contribution in [1.29, 1.82) is 0 Å². The molecule has 0 aliphatic rings. The van der Waals surface area contributed by atoms with Crippen LogP contribution in [-0.4, -0.2) is 31.3 Å². The Morgan fingerprint density at radius 1 is 1.31 bits per heavy atom. The fourth-order valence-electron chi connectivity index (χ4n) is 0.864. The van der Waals surface area contributed by atoms with E-state index < -0.39 is 11.7 Å². The van der Waals surface area contributed by atoms with Crippen molar-refractivity contribution < 1.29 is 19.1 Å². The molecule has 0 heterocycles. The van der Waals surface area contributed by atoms with Crippen molar-refractivity contribution in [2.75, 3.05) is 13.7 Å². The zero-order chi connectivity index (χ0) is 12.8. The Hall–Kier alpha value is -1.30. The molecule has 0 fully saturated rings. The lowest BCUT2D eigenvalue weighted by Crippen LogP contribution is -2.43. The lowest BCUT2D eigenvalue weighted by molar-refractivity contribution is -0.144. The minimum Gasteiger partial charge on any atom is -0.469 e. The van der Waals surface area contributed by atoms with Crippen molar-refractivity contribution in [3.8, 4) is 0 Å². The number of carbonyl (C=O) groups is 2. The summed E-state index contributed by atoms with van der Waals surface area (Å²) in [6.45, 7) is 7.28. The molecule has 0 bridgehead atoms. The summed E-state index contributed by atoms with van der Waals surface area (Å²) in [5, 5.41) is 0. The van der Waals surface area contributed by atoms with E-state index in [2.05, 4.69) is 15.6 Å². The normalized spacial score (nSPS) is 12.8. The summed E-state index contributed by atoms with van der Waals surface area (Å²) in [6, 6.07) is 0. The van der Waals surface area contributed by atoms with Crippen LogP contribution >= 0.6 is 0 Å². The lowest BCUT2D eigenvalue weighted by atomic mass is 10.2. The molecule has 0 rings (SSSR count). The number of ether oxygens (including phenoxy) is 2. The second-order valence-corrected chi connectivity index (χ2v) is 4.43. The molecular weight excluding hydrogens is 212 g/mol. The molecule has 6 nitrogen and oxygen atoms in total. The van der Waals surface area contributed by atoms with Crippen molar-refractivity contribution in [3.63, 3.8) is 0 Å². The summed E-state index contributed by atoms with van der Waals surface area (Å²) in [6.07, 6.45) is -0.579. The summed E-state index contributed by atoms with van der Waals surface area (Å²) >= 11 is 0. The maximum absolute atomic E-state index is 11.2. The van der Waals surface area contributed by atoms with Crippen LogP contribution < -0.4 is 10.9 Å². The second-order valence-electron chi connectivity index (χ2n) is 4.43. The van der Waals surface area contributed by atoms with E-state index in [9.17, 15) is 9.59 Å². The SMILES string of the molecule is COC(=O)[C@H](C)CNNC(=O)OC(C)(C)C. The molecule has 16 heavy (non-hydrogen) atoms. The van der Waals surface area contributed by atoms with Crippen molar-refractivity contribution in [2.24, 2.45) is 5.92 Å². The monoisotopic (exact) mass is 232 g/mol. The molecule has 0 aromatic heterocycles. The van der Waals surface area contributed by atoms with Crippen LogP contribution in [0.3, 0.4) is 0 Å². The van der Waals surface area contributed by atoms with Gasteiger partial charge in [-0.3, -0.25) is 10.2 Å². The molecule has 0 spiro atoms. The minimum atomic E-state index is -0.579. The van der Waals surface area contributed by atoms with E-state index in [1.54, 1.807) is 27.7 Å². The van der Waals surface area contributed by atoms with Gasteiger partial charge >= 0.3 is 12.1 Å². The number of nitrogens with one attached hydrogen (secondary N) is 2. The standard InChI is InChI=1S/C10H20N2O4/c1-7(8(13)15-5)6-11-12-9(14)16-10(2,3)4/h7,11H,6H2,1-5H3,(H,12,14)/t7-/m1/s1. The molecule has 0 aromatic carbocycles. The molecule has 0 radical (unpaired) electrons. The van der Waals surface area contributed by atoms with Gasteiger partial charge in [0.1, 0.15) is 5.60 Å². The smallest absolute Gasteiger partial charge is 0.422 e. The number of hydrogen-bond acceptors (Lipinski definition) is 5. The third kappa shape index (κ3) is 7.05. The highest BCUT2D eigenvalue weighted by Crippen LogP contribution is 2.05. The highest BCUT2D eigenvalue weighted by molar-refractivity contribution is 5.72. The molecular formula is C10H20N2O4. The van der Waals surface area contributed by atoms with Gasteiger partial charge in [0.2, 0.25) is 0 Å². The number of carbonyl (C=O) groups excluding carboxylic acids is 2. The van der Waals surface area contributed by atoms with Crippen LogP contribution in [0, 0.1) is 5.92 Å². The van der Waals surface area contributed by atoms with Crippen LogP contribution in [0.1, 0.15) is 27.7 Å². The Morgan fingerprint density at radius 3 is 2.31 bits per heavy atom. The molecule has 0 aromatic rings. The first kappa shape index (κ1) is 14.7. The Balaban J connectivity index is 3.74. The first-order valence-corrected chi connectivity index (χ1v) is 5.06. The lowest BCUT2D eigenvalue weighted by Gasteiger charge is -2.20. The Bertz CT molecular complexity index is 248. The maximum Gasteiger partial charge on any atom is 0.422 e. The molecule has 0 saturated heterocycles. The zero-order valence-corrected chi connectivity index (χ0v) is 10.4. The Morgan fingerprint density at radius 2 is 1.88 bits per heavy atom. The Kier molecular flexibility index (Phi) is 5.81. The van der Waals surface area contributed by atoms with Crippen LogP contribution in [0.4, 0.5) is 4.79 Å². The van der Waals surface area contributed by atoms with Gasteiger partial charge in [-0.1, -0.05) is 6.92 Å². The first-order chi connectivity index (χ1) is 7.26. The zero-order valence-electron chi connectivity index (χ0n) is 10.4. The average Bonchev–Trinajstić information content (AvgIpc) is 2.13. The van der Waals surface area contributed by atoms with Gasteiger partial charge in [-0.2, -0.15) is 0 Å². The molecule has 1 amide bonds. The number of rotatable bonds is 4. The van der Waals surface area contributed by atoms with Crippen molar-refractivity contribution in [2.45, 2.75) is 33.3 Å². The predicted molar refractivity (Wildman–Crippen MR) is 58.6 cm³/mol. The summed E-state index contributed by atoms with van der Waals surface area (Å²) in [5.41, 5.74) is 4.39. The van der Waals surface area contributed by atoms with Crippen molar-refractivity contribution >= 4 is 12.1 Å². The Labute approximate surface area is 95.6 Å². The fourth-order valence-corrected chi connectivity index (χ4v) is 0.864. The topological polar surface area (TPSA) is 76.7 Å². The van der Waals surface area contributed by atoms with Gasteiger partial charge in [0.05, 0.1) is 13.0 Å². The molecule has 2 N–H and O–H groups in total. The molecule has 6 heteroatoms. The molecule has 0 unspecified atom stereocenters. The average molecular weight is 232 g/mol. The summed E-state index contributed by atoms with van der Waals surface area (Å²) < 4.78 is 9.50. The van der Waals surface area contributed by atoms with E-state index in [1.165, 1.54) is 7.11 Å². The number of hydrazine groups is 1. The fraction of sp³-hybridized carbons (Fsp3) is 0.800. The van der Waals surface area contributed by atoms with Gasteiger partial charge in [0, 0.05) is 6.54 Å². The van der Waals surface area contributed by atoms with Gasteiger partial charge in [-0.25, -0.2) is 10.2 Å². The second kappa shape index (κ2) is 6.32. The van der Waals surface area contributed by atoms with Crippen molar-refractivity contribution in [3.05, 3.63) is 0 Å². The largest absolute Gasteiger partial charge is 0.469 e. The maximum atomic E-state index is 11.2. The third-order valence-electron chi connectivity index (χ3n) is 1.60. The summed E-state index contributed by atoms with van der Waals surface area (Å²) in [5.74, 6) is -0.668. The molecule has 1 atom stereocenters. The molecule has 94 valence electrons. The van der Waals surface area contributed by atoms with Crippen molar-refractivity contribution in [1.82, 2.24) is 10.9 Å². The molecule has 0 aliphatic heterocycles. The number of hydrogen-bond donors (Lipinski definition) is 2. The van der Waals surface area contributed by atoms with Gasteiger partial charge in [0.15, 0.2) is 0 Å². The van der Waals surface area contributed by atoms with Crippen LogP contribution in [0.5, 0.6) is 0 Å². The predicted octanol–water partition coefficient (Wildman–Crippen LogP) is 0.825. The van der Waals surface area contributed by atoms with Crippen LogP contribution in [-0.2, 0) is 14.3 Å². The van der Waals surface area contributed by atoms with Crippen LogP contribution in [0.25, 0.3) is 0 Å². The van der Waals surface area contributed by atoms with E-state index in [4.69, 9.17) is 4.74 Å². The van der Waals surface area contributed by atoms with Crippen LogP contribution in [0.15, 0.2) is 0 Å². The van der Waals surface area contributed by atoms with E-state index in [0.717, 1.165) is 0 Å². The molecule has 0 saturated carbocycles. The van der Waals surface area contributed by atoms with E-state index >= 15 is 0 Å². The number of amides is 1. The van der Waals surface area contributed by atoms with E-state index in [0.29, 0.717) is 0 Å². The highest BCUT2D eigenvalue weighted by Gasteiger charge is 2.17. The summed E-state index contributed by atoms with van der Waals surface area (Å²) in [4.78, 5) is 22.2. The minimum absolute atomic E-state index is 0.284. The van der Waals surface area contributed by atoms with E-state index in [1.807, 2.05) is 0 Å². The van der Waals surface area contributed by atoms with Gasteiger partial charge < -0.3 is 9.47 Å².